The van der Waals surface area contributed by atoms with E-state index in [0.717, 1.165) is 6.42 Å². The van der Waals surface area contributed by atoms with Crippen LogP contribution in [0, 0.1) is 5.92 Å². The molecule has 0 spiro atoms. The third-order valence-electron chi connectivity index (χ3n) is 4.37. The average molecular weight is 272 g/mol. The maximum Gasteiger partial charge on any atom is 0.226 e. The van der Waals surface area contributed by atoms with E-state index in [0.29, 0.717) is 32.1 Å². The lowest BCUT2D eigenvalue weighted by molar-refractivity contribution is -0.139. The molecule has 0 N–H and O–H groups in total. The molecule has 0 radical (unpaired) electrons. The summed E-state index contributed by atoms with van der Waals surface area (Å²) in [6.45, 7) is 4.28. The van der Waals surface area contributed by atoms with Crippen molar-refractivity contribution in [3.8, 4) is 0 Å². The fraction of sp³-hybridized carbons (Fsp3) is 0.500. The second-order valence-corrected chi connectivity index (χ2v) is 5.69. The molecule has 1 aliphatic heterocycles. The number of nitrogens with zero attached hydrogens (tertiary/aromatic N) is 2. The van der Waals surface area contributed by atoms with Gasteiger partial charge >= 0.3 is 0 Å². The summed E-state index contributed by atoms with van der Waals surface area (Å²) >= 11 is 0. The van der Waals surface area contributed by atoms with Gasteiger partial charge in [-0.15, -0.1) is 0 Å². The molecule has 0 bridgehead atoms. The number of carbonyl (C=O) groups excluding carboxylic acids is 2. The fourth-order valence-corrected chi connectivity index (χ4v) is 3.01. The molecule has 2 aliphatic rings. The van der Waals surface area contributed by atoms with Crippen molar-refractivity contribution in [1.82, 2.24) is 9.80 Å². The standard InChI is InChI=1S/C16H20N2O2/c1-12(19)17-7-9-18(10-8-17)16(20)15-11-14(15)13-5-3-2-4-6-13/h2-6,14-15H,7-11H2,1H3/t14-,15-/m0/s1. The molecule has 1 saturated heterocycles. The minimum absolute atomic E-state index is 0.102. The molecule has 1 heterocycles. The summed E-state index contributed by atoms with van der Waals surface area (Å²) in [5, 5.41) is 0. The number of piperazine rings is 1. The van der Waals surface area contributed by atoms with Crippen LogP contribution in [0.1, 0.15) is 24.8 Å². The zero-order valence-electron chi connectivity index (χ0n) is 11.8. The molecule has 0 unspecified atom stereocenters. The number of hydrogen-bond acceptors (Lipinski definition) is 2. The topological polar surface area (TPSA) is 40.6 Å². The molecule has 2 amide bonds. The quantitative estimate of drug-likeness (QED) is 0.818. The first-order valence-corrected chi connectivity index (χ1v) is 7.26. The van der Waals surface area contributed by atoms with E-state index in [1.165, 1.54) is 5.56 Å². The Hall–Kier alpha value is -1.84. The Morgan fingerprint density at radius 3 is 2.20 bits per heavy atom. The maximum absolute atomic E-state index is 12.4. The Morgan fingerprint density at radius 1 is 1.00 bits per heavy atom. The zero-order chi connectivity index (χ0) is 14.1. The van der Waals surface area contributed by atoms with Gasteiger partial charge in [0, 0.05) is 39.0 Å². The second kappa shape index (κ2) is 5.27. The number of rotatable bonds is 2. The molecule has 2 fully saturated rings. The van der Waals surface area contributed by atoms with Crippen molar-refractivity contribution < 1.29 is 9.59 Å². The van der Waals surface area contributed by atoms with Crippen LogP contribution in [0.2, 0.25) is 0 Å². The lowest BCUT2D eigenvalue weighted by Crippen LogP contribution is -2.50. The third kappa shape index (κ3) is 2.55. The smallest absolute Gasteiger partial charge is 0.226 e. The summed E-state index contributed by atoms with van der Waals surface area (Å²) in [6, 6.07) is 10.3. The highest BCUT2D eigenvalue weighted by atomic mass is 16.2. The molecule has 4 heteroatoms. The maximum atomic E-state index is 12.4. The summed E-state index contributed by atoms with van der Waals surface area (Å²) < 4.78 is 0. The van der Waals surface area contributed by atoms with Crippen LogP contribution in [0.4, 0.5) is 0 Å². The third-order valence-corrected chi connectivity index (χ3v) is 4.37. The van der Waals surface area contributed by atoms with Crippen molar-refractivity contribution in [3.05, 3.63) is 35.9 Å². The van der Waals surface area contributed by atoms with Crippen LogP contribution in [-0.2, 0) is 9.59 Å². The Bertz CT molecular complexity index is 506. The average Bonchev–Trinajstić information content (AvgIpc) is 3.28. The molecular formula is C16H20N2O2. The molecule has 4 nitrogen and oxygen atoms in total. The van der Waals surface area contributed by atoms with Crippen LogP contribution in [0.5, 0.6) is 0 Å². The van der Waals surface area contributed by atoms with Gasteiger partial charge in [-0.05, 0) is 17.9 Å². The van der Waals surface area contributed by atoms with Crippen LogP contribution in [-0.4, -0.2) is 47.8 Å². The van der Waals surface area contributed by atoms with E-state index in [1.807, 2.05) is 28.0 Å². The summed E-state index contributed by atoms with van der Waals surface area (Å²) in [5.41, 5.74) is 1.27. The molecule has 1 saturated carbocycles. The molecule has 2 atom stereocenters. The Morgan fingerprint density at radius 2 is 1.60 bits per heavy atom. The zero-order valence-corrected chi connectivity index (χ0v) is 11.8. The van der Waals surface area contributed by atoms with Crippen molar-refractivity contribution in [1.29, 1.82) is 0 Å². The van der Waals surface area contributed by atoms with Crippen LogP contribution >= 0.6 is 0 Å². The van der Waals surface area contributed by atoms with Crippen molar-refractivity contribution in [2.75, 3.05) is 26.2 Å². The number of amides is 2. The van der Waals surface area contributed by atoms with Crippen molar-refractivity contribution in [2.45, 2.75) is 19.3 Å². The minimum atomic E-state index is 0.102. The van der Waals surface area contributed by atoms with Crippen molar-refractivity contribution in [3.63, 3.8) is 0 Å². The fourth-order valence-electron chi connectivity index (χ4n) is 3.01. The predicted octanol–water partition coefficient (Wildman–Crippen LogP) is 1.48. The predicted molar refractivity (Wildman–Crippen MR) is 76.1 cm³/mol. The van der Waals surface area contributed by atoms with Crippen LogP contribution < -0.4 is 0 Å². The Balaban J connectivity index is 1.56. The molecule has 1 aliphatic carbocycles. The first-order valence-electron chi connectivity index (χ1n) is 7.26. The van der Waals surface area contributed by atoms with E-state index in [-0.39, 0.29) is 17.7 Å². The van der Waals surface area contributed by atoms with E-state index < -0.39 is 0 Å². The van der Waals surface area contributed by atoms with Gasteiger partial charge in [0.25, 0.3) is 0 Å². The number of carbonyl (C=O) groups is 2. The lowest BCUT2D eigenvalue weighted by Gasteiger charge is -2.34. The monoisotopic (exact) mass is 272 g/mol. The highest BCUT2D eigenvalue weighted by molar-refractivity contribution is 5.83. The van der Waals surface area contributed by atoms with E-state index in [9.17, 15) is 9.59 Å². The van der Waals surface area contributed by atoms with Gasteiger partial charge in [-0.3, -0.25) is 9.59 Å². The largest absolute Gasteiger partial charge is 0.339 e. The van der Waals surface area contributed by atoms with Gasteiger partial charge in [-0.25, -0.2) is 0 Å². The van der Waals surface area contributed by atoms with E-state index >= 15 is 0 Å². The van der Waals surface area contributed by atoms with Crippen molar-refractivity contribution >= 4 is 11.8 Å². The Labute approximate surface area is 119 Å². The first kappa shape index (κ1) is 13.2. The molecule has 1 aromatic carbocycles. The van der Waals surface area contributed by atoms with Gasteiger partial charge in [0.15, 0.2) is 0 Å². The number of benzene rings is 1. The van der Waals surface area contributed by atoms with Crippen molar-refractivity contribution in [2.24, 2.45) is 5.92 Å². The molecule has 20 heavy (non-hydrogen) atoms. The van der Waals surface area contributed by atoms with Gasteiger partial charge in [0.05, 0.1) is 0 Å². The second-order valence-electron chi connectivity index (χ2n) is 5.69. The molecule has 0 aromatic heterocycles. The summed E-state index contributed by atoms with van der Waals surface area (Å²) in [5.74, 6) is 0.920. The van der Waals surface area contributed by atoms with Gasteiger partial charge in [-0.2, -0.15) is 0 Å². The van der Waals surface area contributed by atoms with Crippen LogP contribution in [0.3, 0.4) is 0 Å². The molecule has 3 rings (SSSR count). The van der Waals surface area contributed by atoms with Gasteiger partial charge in [-0.1, -0.05) is 30.3 Å². The lowest BCUT2D eigenvalue weighted by atomic mass is 10.1. The SMILES string of the molecule is CC(=O)N1CCN(C(=O)[C@H]2C[C@H]2c2ccccc2)CC1. The van der Waals surface area contributed by atoms with E-state index in [4.69, 9.17) is 0 Å². The first-order chi connectivity index (χ1) is 9.66. The molecule has 106 valence electrons. The van der Waals surface area contributed by atoms with Crippen LogP contribution in [0.15, 0.2) is 30.3 Å². The molecule has 1 aromatic rings. The normalized spacial score (nSPS) is 25.4. The van der Waals surface area contributed by atoms with E-state index in [1.54, 1.807) is 6.92 Å². The van der Waals surface area contributed by atoms with Crippen LogP contribution in [0.25, 0.3) is 0 Å². The summed E-state index contributed by atoms with van der Waals surface area (Å²) in [7, 11) is 0. The van der Waals surface area contributed by atoms with E-state index in [2.05, 4.69) is 12.1 Å². The minimum Gasteiger partial charge on any atom is -0.339 e. The Kier molecular flexibility index (Phi) is 3.47. The van der Waals surface area contributed by atoms with Gasteiger partial charge in [0.1, 0.15) is 0 Å². The highest BCUT2D eigenvalue weighted by Crippen LogP contribution is 2.48. The number of hydrogen-bond donors (Lipinski definition) is 0. The highest BCUT2D eigenvalue weighted by Gasteiger charge is 2.45. The summed E-state index contributed by atoms with van der Waals surface area (Å²) in [4.78, 5) is 27.5. The summed E-state index contributed by atoms with van der Waals surface area (Å²) in [6.07, 6.45) is 0.968. The van der Waals surface area contributed by atoms with Gasteiger partial charge < -0.3 is 9.80 Å². The molecular weight excluding hydrogens is 252 g/mol. The van der Waals surface area contributed by atoms with Gasteiger partial charge in [0.2, 0.25) is 11.8 Å².